The Morgan fingerprint density at radius 3 is 2.65 bits per heavy atom. The number of benzene rings is 2. The molecule has 104 valence electrons. The maximum Gasteiger partial charge on any atom is 0.319 e. The summed E-state index contributed by atoms with van der Waals surface area (Å²) >= 11 is 6.02. The van der Waals surface area contributed by atoms with Crippen molar-refractivity contribution in [3.8, 4) is 5.75 Å². The van der Waals surface area contributed by atoms with E-state index >= 15 is 0 Å². The number of rotatable bonds is 4. The fourth-order valence-corrected chi connectivity index (χ4v) is 1.84. The molecule has 2 rings (SSSR count). The fourth-order valence-electron chi connectivity index (χ4n) is 1.67. The van der Waals surface area contributed by atoms with Gasteiger partial charge in [-0.25, -0.2) is 4.79 Å². The van der Waals surface area contributed by atoms with Crippen LogP contribution in [-0.4, -0.2) is 13.1 Å². The largest absolute Gasteiger partial charge is 0.497 e. The van der Waals surface area contributed by atoms with Gasteiger partial charge < -0.3 is 15.4 Å². The van der Waals surface area contributed by atoms with Crippen LogP contribution in [0.4, 0.5) is 10.5 Å². The van der Waals surface area contributed by atoms with Crippen LogP contribution in [0.25, 0.3) is 0 Å². The van der Waals surface area contributed by atoms with Gasteiger partial charge in [-0.1, -0.05) is 41.9 Å². The molecule has 0 saturated heterocycles. The Labute approximate surface area is 122 Å². The molecule has 0 aromatic heterocycles. The van der Waals surface area contributed by atoms with Crippen molar-refractivity contribution in [1.29, 1.82) is 0 Å². The Morgan fingerprint density at radius 1 is 1.20 bits per heavy atom. The molecule has 2 aromatic rings. The molecule has 0 aliphatic carbocycles. The molecule has 0 heterocycles. The average Bonchev–Trinajstić information content (AvgIpc) is 2.48. The first-order valence-electron chi connectivity index (χ1n) is 6.11. The van der Waals surface area contributed by atoms with E-state index in [9.17, 15) is 4.79 Å². The summed E-state index contributed by atoms with van der Waals surface area (Å²) in [5, 5.41) is 5.91. The lowest BCUT2D eigenvalue weighted by Gasteiger charge is -2.10. The number of ether oxygens (including phenoxy) is 1. The number of anilines is 1. The van der Waals surface area contributed by atoms with Crippen LogP contribution in [0.5, 0.6) is 5.75 Å². The van der Waals surface area contributed by atoms with E-state index in [0.717, 1.165) is 5.56 Å². The third-order valence-corrected chi connectivity index (χ3v) is 3.05. The number of amides is 2. The highest BCUT2D eigenvalue weighted by Gasteiger charge is 2.06. The monoisotopic (exact) mass is 290 g/mol. The number of urea groups is 1. The zero-order chi connectivity index (χ0) is 14.4. The van der Waals surface area contributed by atoms with Gasteiger partial charge in [0, 0.05) is 12.6 Å². The van der Waals surface area contributed by atoms with Gasteiger partial charge in [0.25, 0.3) is 0 Å². The Hall–Kier alpha value is -2.20. The van der Waals surface area contributed by atoms with E-state index in [-0.39, 0.29) is 6.03 Å². The minimum absolute atomic E-state index is 0.316. The van der Waals surface area contributed by atoms with Crippen LogP contribution in [0.15, 0.2) is 48.5 Å². The van der Waals surface area contributed by atoms with Crippen molar-refractivity contribution < 1.29 is 9.53 Å². The van der Waals surface area contributed by atoms with Crippen molar-refractivity contribution in [3.05, 3.63) is 59.1 Å². The standard InChI is InChI=1S/C15H15ClN2O2/c1-20-12-7-8-13(16)14(9-12)18-15(19)17-10-11-5-3-2-4-6-11/h2-9H,10H2,1H3,(H2,17,18,19). The van der Waals surface area contributed by atoms with Crippen molar-refractivity contribution in [2.24, 2.45) is 0 Å². The first kappa shape index (κ1) is 14.2. The number of hydrogen-bond acceptors (Lipinski definition) is 2. The minimum atomic E-state index is -0.316. The topological polar surface area (TPSA) is 50.4 Å². The summed E-state index contributed by atoms with van der Waals surface area (Å²) < 4.78 is 5.09. The minimum Gasteiger partial charge on any atom is -0.497 e. The third kappa shape index (κ3) is 3.90. The van der Waals surface area contributed by atoms with Gasteiger partial charge in [0.2, 0.25) is 0 Å². The van der Waals surface area contributed by atoms with Crippen molar-refractivity contribution >= 4 is 23.3 Å². The number of halogens is 1. The van der Waals surface area contributed by atoms with Crippen molar-refractivity contribution in [1.82, 2.24) is 5.32 Å². The van der Waals surface area contributed by atoms with E-state index in [4.69, 9.17) is 16.3 Å². The molecule has 0 unspecified atom stereocenters. The van der Waals surface area contributed by atoms with Crippen LogP contribution >= 0.6 is 11.6 Å². The fraction of sp³-hybridized carbons (Fsp3) is 0.133. The molecule has 2 N–H and O–H groups in total. The number of nitrogens with one attached hydrogen (secondary N) is 2. The molecule has 2 aromatic carbocycles. The second-order valence-corrected chi connectivity index (χ2v) is 4.55. The molecule has 0 saturated carbocycles. The highest BCUT2D eigenvalue weighted by Crippen LogP contribution is 2.26. The first-order valence-corrected chi connectivity index (χ1v) is 6.49. The zero-order valence-corrected chi connectivity index (χ0v) is 11.8. The predicted octanol–water partition coefficient (Wildman–Crippen LogP) is 3.67. The summed E-state index contributed by atoms with van der Waals surface area (Å²) in [6, 6.07) is 14.4. The molecule has 0 bridgehead atoms. The lowest BCUT2D eigenvalue weighted by atomic mass is 10.2. The lowest BCUT2D eigenvalue weighted by molar-refractivity contribution is 0.251. The van der Waals surface area contributed by atoms with Crippen LogP contribution in [-0.2, 0) is 6.54 Å². The highest BCUT2D eigenvalue weighted by molar-refractivity contribution is 6.33. The molecule has 5 heteroatoms. The second-order valence-electron chi connectivity index (χ2n) is 4.14. The number of hydrogen-bond donors (Lipinski definition) is 2. The molecule has 2 amide bonds. The maximum absolute atomic E-state index is 11.8. The predicted molar refractivity (Wildman–Crippen MR) is 80.3 cm³/mol. The van der Waals surface area contributed by atoms with Crippen molar-refractivity contribution in [2.75, 3.05) is 12.4 Å². The lowest BCUT2D eigenvalue weighted by Crippen LogP contribution is -2.28. The molecule has 0 aliphatic heterocycles. The van der Waals surface area contributed by atoms with Gasteiger partial charge >= 0.3 is 6.03 Å². The van der Waals surface area contributed by atoms with Gasteiger partial charge in [-0.15, -0.1) is 0 Å². The normalized spacial score (nSPS) is 9.90. The van der Waals surface area contributed by atoms with Crippen LogP contribution in [0, 0.1) is 0 Å². The molecule has 0 spiro atoms. The SMILES string of the molecule is COc1ccc(Cl)c(NC(=O)NCc2ccccc2)c1. The second kappa shape index (κ2) is 6.82. The highest BCUT2D eigenvalue weighted by atomic mass is 35.5. The number of carbonyl (C=O) groups is 1. The van der Waals surface area contributed by atoms with Gasteiger partial charge in [-0.3, -0.25) is 0 Å². The van der Waals surface area contributed by atoms with Gasteiger partial charge in [-0.05, 0) is 17.7 Å². The first-order chi connectivity index (χ1) is 9.69. The van der Waals surface area contributed by atoms with E-state index in [0.29, 0.717) is 23.0 Å². The van der Waals surface area contributed by atoms with Gasteiger partial charge in [0.1, 0.15) is 5.75 Å². The Balaban J connectivity index is 1.94. The molecule has 4 nitrogen and oxygen atoms in total. The van der Waals surface area contributed by atoms with E-state index in [2.05, 4.69) is 10.6 Å². The Bertz CT molecular complexity index is 588. The summed E-state index contributed by atoms with van der Waals surface area (Å²) in [7, 11) is 1.56. The van der Waals surface area contributed by atoms with Crippen LogP contribution in [0.2, 0.25) is 5.02 Å². The Kier molecular flexibility index (Phi) is 4.85. The summed E-state index contributed by atoms with van der Waals surface area (Å²) in [6.45, 7) is 0.453. The van der Waals surface area contributed by atoms with E-state index in [1.807, 2.05) is 30.3 Å². The summed E-state index contributed by atoms with van der Waals surface area (Å²) in [4.78, 5) is 11.8. The quantitative estimate of drug-likeness (QED) is 0.902. The van der Waals surface area contributed by atoms with Gasteiger partial charge in [0.15, 0.2) is 0 Å². The maximum atomic E-state index is 11.8. The Morgan fingerprint density at radius 2 is 1.95 bits per heavy atom. The molecular formula is C15H15ClN2O2. The van der Waals surface area contributed by atoms with Crippen molar-refractivity contribution in [2.45, 2.75) is 6.54 Å². The van der Waals surface area contributed by atoms with Crippen LogP contribution in [0.3, 0.4) is 0 Å². The molecule has 0 atom stereocenters. The summed E-state index contributed by atoms with van der Waals surface area (Å²) in [5.41, 5.74) is 1.54. The summed E-state index contributed by atoms with van der Waals surface area (Å²) in [6.07, 6.45) is 0. The van der Waals surface area contributed by atoms with E-state index in [1.54, 1.807) is 25.3 Å². The molecule has 0 aliphatic rings. The number of methoxy groups -OCH3 is 1. The average molecular weight is 291 g/mol. The molecule has 20 heavy (non-hydrogen) atoms. The third-order valence-electron chi connectivity index (χ3n) is 2.72. The molecule has 0 fully saturated rings. The van der Waals surface area contributed by atoms with Crippen molar-refractivity contribution in [3.63, 3.8) is 0 Å². The van der Waals surface area contributed by atoms with Gasteiger partial charge in [-0.2, -0.15) is 0 Å². The summed E-state index contributed by atoms with van der Waals surface area (Å²) in [5.74, 6) is 0.632. The van der Waals surface area contributed by atoms with E-state index in [1.165, 1.54) is 0 Å². The zero-order valence-electron chi connectivity index (χ0n) is 11.0. The van der Waals surface area contributed by atoms with Crippen LogP contribution < -0.4 is 15.4 Å². The number of carbonyl (C=O) groups excluding carboxylic acids is 1. The van der Waals surface area contributed by atoms with E-state index < -0.39 is 0 Å². The smallest absolute Gasteiger partial charge is 0.319 e. The molecule has 0 radical (unpaired) electrons. The van der Waals surface area contributed by atoms with Crippen LogP contribution in [0.1, 0.15) is 5.56 Å². The van der Waals surface area contributed by atoms with Gasteiger partial charge in [0.05, 0.1) is 17.8 Å². The molecular weight excluding hydrogens is 276 g/mol.